The van der Waals surface area contributed by atoms with E-state index in [1.807, 2.05) is 0 Å². The first-order chi connectivity index (χ1) is 4.13. The van der Waals surface area contributed by atoms with E-state index < -0.39 is 11.7 Å². The van der Waals surface area contributed by atoms with E-state index in [1.165, 1.54) is 0 Å². The van der Waals surface area contributed by atoms with Crippen LogP contribution in [-0.4, -0.2) is 35.1 Å². The maximum absolute atomic E-state index is 9.77. The Hall–Kier alpha value is -0.580. The van der Waals surface area contributed by atoms with Crippen LogP contribution in [0.25, 0.3) is 0 Å². The Bertz CT molecular complexity index is 112. The summed E-state index contributed by atoms with van der Waals surface area (Å²) in [6.45, 7) is -0.293. The lowest BCUT2D eigenvalue weighted by atomic mass is 10.1. The third-order valence-corrected chi connectivity index (χ3v) is 1.35. The maximum Gasteiger partial charge on any atom is 0.314 e. The van der Waals surface area contributed by atoms with Gasteiger partial charge in [0.05, 0.1) is 0 Å². The molecule has 0 aromatic carbocycles. The quantitative estimate of drug-likeness (QED) is 0.536. The van der Waals surface area contributed by atoms with Crippen LogP contribution in [0.3, 0.4) is 0 Å². The standard InChI is InChI=1S/C2H4B2O4S/c5-1(6)3-9-4-2(7)8/h3-4H,(H,5,6)(H,7,8). The van der Waals surface area contributed by atoms with E-state index >= 15 is 0 Å². The highest BCUT2D eigenvalue weighted by Gasteiger charge is 2.05. The van der Waals surface area contributed by atoms with Crippen molar-refractivity contribution >= 4 is 36.3 Å². The minimum atomic E-state index is -0.985. The van der Waals surface area contributed by atoms with Gasteiger partial charge in [-0.25, -0.2) is 11.5 Å². The fraction of sp³-hybridized carbons (Fsp3) is 0. The second-order valence-electron chi connectivity index (χ2n) is 1.28. The molecule has 0 fully saturated rings. The average Bonchev–Trinajstić information content (AvgIpc) is 1.63. The van der Waals surface area contributed by atoms with Crippen molar-refractivity contribution in [2.45, 2.75) is 0 Å². The molecule has 4 nitrogen and oxygen atoms in total. The average molecular weight is 146 g/mol. The van der Waals surface area contributed by atoms with Crippen molar-refractivity contribution in [1.82, 2.24) is 0 Å². The first-order valence-electron chi connectivity index (χ1n) is 2.14. The summed E-state index contributed by atoms with van der Waals surface area (Å²) in [7, 11) is 0. The number of carbonyl (C=O) groups is 2. The molecular weight excluding hydrogens is 142 g/mol. The molecule has 0 spiro atoms. The minimum Gasteiger partial charge on any atom is -0.489 e. The first kappa shape index (κ1) is 8.42. The van der Waals surface area contributed by atoms with Crippen LogP contribution in [0.15, 0.2) is 0 Å². The SMILES string of the molecule is O=C(O)BSBC(=O)O. The molecule has 0 aliphatic heterocycles. The van der Waals surface area contributed by atoms with Crippen LogP contribution in [0.5, 0.6) is 0 Å². The molecule has 0 aliphatic rings. The van der Waals surface area contributed by atoms with Crippen LogP contribution in [0.4, 0.5) is 9.59 Å². The Morgan fingerprint density at radius 3 is 1.67 bits per heavy atom. The molecule has 0 bridgehead atoms. The lowest BCUT2D eigenvalue weighted by Gasteiger charge is -1.86. The highest BCUT2D eigenvalue weighted by atomic mass is 32.2. The Kier molecular flexibility index (Phi) is 4.04. The van der Waals surface area contributed by atoms with Crippen molar-refractivity contribution < 1.29 is 19.8 Å². The molecule has 0 rings (SSSR count). The van der Waals surface area contributed by atoms with Gasteiger partial charge in [0.2, 0.25) is 0 Å². The molecule has 0 unspecified atom stereocenters. The minimum absolute atomic E-state index is 0.147. The highest BCUT2D eigenvalue weighted by Crippen LogP contribution is 1.92. The summed E-state index contributed by atoms with van der Waals surface area (Å²) in [5.41, 5.74) is 0. The zero-order chi connectivity index (χ0) is 7.28. The summed E-state index contributed by atoms with van der Waals surface area (Å²) < 4.78 is 0. The fourth-order valence-corrected chi connectivity index (χ4v) is 0.677. The van der Waals surface area contributed by atoms with Crippen molar-refractivity contribution in [2.24, 2.45) is 0 Å². The monoisotopic (exact) mass is 146 g/mol. The van der Waals surface area contributed by atoms with Crippen LogP contribution >= 0.6 is 11.5 Å². The summed E-state index contributed by atoms with van der Waals surface area (Å²) in [6, 6.07) is 0. The molecule has 0 aliphatic carbocycles. The normalized spacial score (nSPS) is 8.00. The molecule has 0 saturated heterocycles. The Morgan fingerprint density at radius 1 is 1.11 bits per heavy atom. The zero-order valence-electron chi connectivity index (χ0n) is 4.53. The highest BCUT2D eigenvalue weighted by molar-refractivity contribution is 8.44. The van der Waals surface area contributed by atoms with E-state index in [-0.39, 0.29) is 13.1 Å². The van der Waals surface area contributed by atoms with Gasteiger partial charge >= 0.3 is 13.1 Å². The van der Waals surface area contributed by atoms with Gasteiger partial charge in [-0.1, -0.05) is 0 Å². The van der Waals surface area contributed by atoms with Crippen LogP contribution in [0.2, 0.25) is 0 Å². The summed E-state index contributed by atoms with van der Waals surface area (Å²) in [5.74, 6) is -1.97. The molecule has 7 heteroatoms. The Labute approximate surface area is 56.9 Å². The van der Waals surface area contributed by atoms with Gasteiger partial charge in [0, 0.05) is 0 Å². The lowest BCUT2D eigenvalue weighted by molar-refractivity contribution is 0.219. The third-order valence-electron chi connectivity index (χ3n) is 0.451. The smallest absolute Gasteiger partial charge is 0.314 e. The molecule has 0 heterocycles. The predicted octanol–water partition coefficient (Wildman–Crippen LogP) is -0.221. The molecular formula is C2H4B2O4S. The number of rotatable bonds is 4. The van der Waals surface area contributed by atoms with Crippen LogP contribution in [0, 0.1) is 0 Å². The number of hydrogen-bond acceptors (Lipinski definition) is 3. The van der Waals surface area contributed by atoms with Crippen molar-refractivity contribution in [1.29, 1.82) is 0 Å². The summed E-state index contributed by atoms with van der Waals surface area (Å²) in [5, 5.41) is 16.0. The molecule has 0 radical (unpaired) electrons. The Morgan fingerprint density at radius 2 is 1.44 bits per heavy atom. The van der Waals surface area contributed by atoms with E-state index in [1.54, 1.807) is 0 Å². The van der Waals surface area contributed by atoms with Gasteiger partial charge in [-0.2, -0.15) is 0 Å². The largest absolute Gasteiger partial charge is 0.489 e. The number of carboxylic acid groups (broad SMARTS) is 2. The molecule has 2 N–H and O–H groups in total. The van der Waals surface area contributed by atoms with Crippen molar-refractivity contribution in [2.75, 3.05) is 0 Å². The molecule has 0 atom stereocenters. The summed E-state index contributed by atoms with van der Waals surface area (Å²) >= 11 is 0.870. The van der Waals surface area contributed by atoms with E-state index in [0.29, 0.717) is 0 Å². The molecule has 9 heavy (non-hydrogen) atoms. The summed E-state index contributed by atoms with van der Waals surface area (Å²) in [4.78, 5) is 19.5. The fourth-order valence-electron chi connectivity index (χ4n) is 0.226. The van der Waals surface area contributed by atoms with Gasteiger partial charge < -0.3 is 10.2 Å². The topological polar surface area (TPSA) is 74.6 Å². The van der Waals surface area contributed by atoms with Crippen molar-refractivity contribution in [3.8, 4) is 0 Å². The lowest BCUT2D eigenvalue weighted by Crippen LogP contribution is -2.07. The second-order valence-corrected chi connectivity index (χ2v) is 2.27. The van der Waals surface area contributed by atoms with E-state index in [9.17, 15) is 9.59 Å². The summed E-state index contributed by atoms with van der Waals surface area (Å²) in [6.07, 6.45) is 0. The van der Waals surface area contributed by atoms with Crippen molar-refractivity contribution in [3.63, 3.8) is 0 Å². The van der Waals surface area contributed by atoms with Crippen molar-refractivity contribution in [3.05, 3.63) is 0 Å². The third kappa shape index (κ3) is 7.42. The van der Waals surface area contributed by atoms with Gasteiger partial charge in [-0.3, -0.25) is 9.59 Å². The van der Waals surface area contributed by atoms with E-state index in [2.05, 4.69) is 0 Å². The maximum atomic E-state index is 9.77. The molecule has 0 aromatic heterocycles. The van der Waals surface area contributed by atoms with Gasteiger partial charge in [0.1, 0.15) is 0 Å². The van der Waals surface area contributed by atoms with Gasteiger partial charge in [-0.15, -0.1) is 0 Å². The molecule has 48 valence electrons. The molecule has 0 aromatic rings. The van der Waals surface area contributed by atoms with E-state index in [0.717, 1.165) is 11.5 Å². The van der Waals surface area contributed by atoms with Crippen LogP contribution < -0.4 is 0 Å². The Balaban J connectivity index is 3.10. The van der Waals surface area contributed by atoms with Crippen LogP contribution in [0.1, 0.15) is 0 Å². The van der Waals surface area contributed by atoms with Crippen LogP contribution in [-0.2, 0) is 0 Å². The molecule has 0 amide bonds. The molecule has 0 saturated carbocycles. The first-order valence-corrected chi connectivity index (χ1v) is 3.29. The zero-order valence-corrected chi connectivity index (χ0v) is 5.35. The second kappa shape index (κ2) is 4.31. The predicted molar refractivity (Wildman–Crippen MR) is 37.9 cm³/mol. The number of hydrogen-bond donors (Lipinski definition) is 2. The van der Waals surface area contributed by atoms with Gasteiger partial charge in [0.15, 0.2) is 0 Å². The van der Waals surface area contributed by atoms with Gasteiger partial charge in [-0.05, 0) is 0 Å². The van der Waals surface area contributed by atoms with Gasteiger partial charge in [0.25, 0.3) is 11.7 Å². The van der Waals surface area contributed by atoms with E-state index in [4.69, 9.17) is 10.2 Å².